The fourth-order valence-corrected chi connectivity index (χ4v) is 1.88. The fourth-order valence-electron chi connectivity index (χ4n) is 1.88. The van der Waals surface area contributed by atoms with Crippen LogP contribution < -0.4 is 15.6 Å². The molecule has 0 saturated carbocycles. The van der Waals surface area contributed by atoms with Crippen molar-refractivity contribution in [3.63, 3.8) is 0 Å². The molecule has 0 fully saturated rings. The Morgan fingerprint density at radius 2 is 1.95 bits per heavy atom. The van der Waals surface area contributed by atoms with Gasteiger partial charge in [0.1, 0.15) is 5.75 Å². The van der Waals surface area contributed by atoms with E-state index in [4.69, 9.17) is 4.74 Å². The molecule has 2 aromatic rings. The molecule has 0 saturated heterocycles. The van der Waals surface area contributed by atoms with E-state index in [-0.39, 0.29) is 17.2 Å². The smallest absolute Gasteiger partial charge is 0.275 e. The molecule has 1 aromatic heterocycles. The summed E-state index contributed by atoms with van der Waals surface area (Å²) in [5.41, 5.74) is 0.513. The number of H-pyrrole nitrogens is 1. The zero-order valence-corrected chi connectivity index (χ0v) is 12.0. The molecule has 1 unspecified atom stereocenters. The lowest BCUT2D eigenvalue weighted by Gasteiger charge is -2.10. The van der Waals surface area contributed by atoms with E-state index in [1.165, 1.54) is 6.92 Å². The van der Waals surface area contributed by atoms with Gasteiger partial charge in [-0.25, -0.2) is 0 Å². The molecule has 0 bridgehead atoms. The molecular formula is C14H16N4O3. The van der Waals surface area contributed by atoms with Crippen LogP contribution in [0.4, 0.5) is 0 Å². The summed E-state index contributed by atoms with van der Waals surface area (Å²) in [7, 11) is 1.58. The molecule has 0 aliphatic rings. The second-order valence-electron chi connectivity index (χ2n) is 4.54. The molecule has 0 radical (unpaired) electrons. The molecular weight excluding hydrogens is 272 g/mol. The number of rotatable bonds is 4. The van der Waals surface area contributed by atoms with Crippen LogP contribution in [0.25, 0.3) is 11.4 Å². The number of nitrogens with zero attached hydrogens (tertiary/aromatic N) is 2. The lowest BCUT2D eigenvalue weighted by Crippen LogP contribution is -2.30. The third kappa shape index (κ3) is 3.44. The van der Waals surface area contributed by atoms with E-state index in [0.29, 0.717) is 11.6 Å². The van der Waals surface area contributed by atoms with Crippen LogP contribution >= 0.6 is 0 Å². The number of methoxy groups -OCH3 is 1. The minimum Gasteiger partial charge on any atom is -0.497 e. The third-order valence-electron chi connectivity index (χ3n) is 2.92. The molecule has 2 rings (SSSR count). The average molecular weight is 288 g/mol. The highest BCUT2D eigenvalue weighted by Gasteiger charge is 2.14. The Labute approximate surface area is 121 Å². The Balaban J connectivity index is 2.29. The van der Waals surface area contributed by atoms with Crippen LogP contribution in [0.5, 0.6) is 5.75 Å². The average Bonchev–Trinajstić information content (AvgIpc) is 2.46. The highest BCUT2D eigenvalue weighted by Crippen LogP contribution is 2.18. The van der Waals surface area contributed by atoms with Gasteiger partial charge in [-0.3, -0.25) is 9.59 Å². The molecule has 0 aliphatic heterocycles. The van der Waals surface area contributed by atoms with Gasteiger partial charge < -0.3 is 15.0 Å². The number of amides is 1. The van der Waals surface area contributed by atoms with Crippen LogP contribution in [0, 0.1) is 0 Å². The summed E-state index contributed by atoms with van der Waals surface area (Å²) in [4.78, 5) is 25.7. The van der Waals surface area contributed by atoms with Gasteiger partial charge in [0.15, 0.2) is 11.5 Å². The first kappa shape index (κ1) is 14.7. The zero-order valence-electron chi connectivity index (χ0n) is 12.0. The first-order valence-corrected chi connectivity index (χ1v) is 6.39. The molecule has 2 N–H and O–H groups in total. The topological polar surface area (TPSA) is 97.0 Å². The molecule has 110 valence electrons. The summed E-state index contributed by atoms with van der Waals surface area (Å²) in [5.74, 6) is 0.842. The van der Waals surface area contributed by atoms with Crippen LogP contribution in [-0.2, 0) is 4.79 Å². The maximum absolute atomic E-state index is 12.0. The number of nitrogens with one attached hydrogen (secondary N) is 2. The lowest BCUT2D eigenvalue weighted by molar-refractivity contribution is -0.119. The number of ether oxygens (including phenoxy) is 1. The van der Waals surface area contributed by atoms with Crippen LogP contribution in [0.3, 0.4) is 0 Å². The molecule has 0 spiro atoms. The number of carbonyl (C=O) groups is 1. The monoisotopic (exact) mass is 288 g/mol. The van der Waals surface area contributed by atoms with Gasteiger partial charge in [-0.2, -0.15) is 0 Å². The Morgan fingerprint density at radius 1 is 1.29 bits per heavy atom. The van der Waals surface area contributed by atoms with Gasteiger partial charge in [0, 0.05) is 12.5 Å². The largest absolute Gasteiger partial charge is 0.497 e. The summed E-state index contributed by atoms with van der Waals surface area (Å²) in [6, 6.07) is 6.58. The third-order valence-corrected chi connectivity index (χ3v) is 2.92. The molecule has 7 heteroatoms. The van der Waals surface area contributed by atoms with E-state index < -0.39 is 6.04 Å². The second-order valence-corrected chi connectivity index (χ2v) is 4.54. The van der Waals surface area contributed by atoms with Crippen molar-refractivity contribution in [2.75, 3.05) is 7.11 Å². The van der Waals surface area contributed by atoms with E-state index in [0.717, 1.165) is 5.56 Å². The summed E-state index contributed by atoms with van der Waals surface area (Å²) >= 11 is 0. The molecule has 1 aromatic carbocycles. The minimum absolute atomic E-state index is 0.169. The number of hydrogen-bond donors (Lipinski definition) is 2. The Kier molecular flexibility index (Phi) is 4.32. The predicted octanol–water partition coefficient (Wildman–Crippen LogP) is 1.04. The van der Waals surface area contributed by atoms with Crippen LogP contribution in [0.15, 0.2) is 29.1 Å². The standard InChI is InChI=1S/C14H16N4O3/c1-8(15-9(2)19)12-14(20)16-13(18-17-12)10-4-6-11(21-3)7-5-10/h4-8H,1-3H3,(H,15,19)(H,16,18,20). The van der Waals surface area contributed by atoms with Gasteiger partial charge in [-0.05, 0) is 31.2 Å². The van der Waals surface area contributed by atoms with Gasteiger partial charge in [0.25, 0.3) is 5.56 Å². The molecule has 1 amide bonds. The summed E-state index contributed by atoms with van der Waals surface area (Å²) in [5, 5.41) is 10.5. The molecule has 21 heavy (non-hydrogen) atoms. The maximum atomic E-state index is 12.0. The quantitative estimate of drug-likeness (QED) is 0.876. The van der Waals surface area contributed by atoms with Crippen LogP contribution in [0.1, 0.15) is 25.6 Å². The first-order chi connectivity index (χ1) is 10.0. The van der Waals surface area contributed by atoms with Crippen molar-refractivity contribution in [2.45, 2.75) is 19.9 Å². The normalized spacial score (nSPS) is 11.8. The van der Waals surface area contributed by atoms with Crippen molar-refractivity contribution in [1.29, 1.82) is 0 Å². The minimum atomic E-state index is -0.497. The number of benzene rings is 1. The number of aromatic nitrogens is 3. The summed E-state index contributed by atoms with van der Waals surface area (Å²) in [6.07, 6.45) is 0. The lowest BCUT2D eigenvalue weighted by atomic mass is 10.2. The van der Waals surface area contributed by atoms with E-state index in [2.05, 4.69) is 20.5 Å². The van der Waals surface area contributed by atoms with Gasteiger partial charge in [-0.15, -0.1) is 10.2 Å². The van der Waals surface area contributed by atoms with Crippen molar-refractivity contribution < 1.29 is 9.53 Å². The van der Waals surface area contributed by atoms with Gasteiger partial charge in [-0.1, -0.05) is 0 Å². The van der Waals surface area contributed by atoms with Crippen LogP contribution in [-0.4, -0.2) is 28.2 Å². The molecule has 1 atom stereocenters. The highest BCUT2D eigenvalue weighted by atomic mass is 16.5. The fraction of sp³-hybridized carbons (Fsp3) is 0.286. The summed E-state index contributed by atoms with van der Waals surface area (Å²) in [6.45, 7) is 3.05. The van der Waals surface area contributed by atoms with Gasteiger partial charge in [0.05, 0.1) is 13.2 Å². The van der Waals surface area contributed by atoms with Crippen molar-refractivity contribution in [2.24, 2.45) is 0 Å². The highest BCUT2D eigenvalue weighted by molar-refractivity contribution is 5.73. The Bertz CT molecular complexity index is 694. The second kappa shape index (κ2) is 6.17. The molecule has 7 nitrogen and oxygen atoms in total. The van der Waals surface area contributed by atoms with E-state index >= 15 is 0 Å². The number of carbonyl (C=O) groups excluding carboxylic acids is 1. The first-order valence-electron chi connectivity index (χ1n) is 6.39. The number of aromatic amines is 1. The Hall–Kier alpha value is -2.70. The predicted molar refractivity (Wildman–Crippen MR) is 76.9 cm³/mol. The maximum Gasteiger partial charge on any atom is 0.275 e. The van der Waals surface area contributed by atoms with E-state index in [1.54, 1.807) is 38.3 Å². The van der Waals surface area contributed by atoms with Crippen molar-refractivity contribution >= 4 is 5.91 Å². The molecule has 1 heterocycles. The van der Waals surface area contributed by atoms with Gasteiger partial charge >= 0.3 is 0 Å². The van der Waals surface area contributed by atoms with Crippen molar-refractivity contribution in [1.82, 2.24) is 20.5 Å². The zero-order chi connectivity index (χ0) is 15.4. The SMILES string of the molecule is COc1ccc(-c2nnc(C(C)NC(C)=O)c(=O)[nH]2)cc1. The Morgan fingerprint density at radius 3 is 2.48 bits per heavy atom. The summed E-state index contributed by atoms with van der Waals surface area (Å²) < 4.78 is 5.07. The van der Waals surface area contributed by atoms with Gasteiger partial charge in [0.2, 0.25) is 5.91 Å². The van der Waals surface area contributed by atoms with E-state index in [1.807, 2.05) is 0 Å². The van der Waals surface area contributed by atoms with Crippen molar-refractivity contribution in [3.8, 4) is 17.1 Å². The molecule has 0 aliphatic carbocycles. The van der Waals surface area contributed by atoms with Crippen molar-refractivity contribution in [3.05, 3.63) is 40.3 Å². The van der Waals surface area contributed by atoms with Crippen LogP contribution in [0.2, 0.25) is 0 Å². The number of hydrogen-bond acceptors (Lipinski definition) is 5. The van der Waals surface area contributed by atoms with E-state index in [9.17, 15) is 9.59 Å².